The van der Waals surface area contributed by atoms with Gasteiger partial charge in [-0.15, -0.1) is 0 Å². The number of aliphatic hydroxyl groups is 1. The normalized spacial score (nSPS) is 23.7. The van der Waals surface area contributed by atoms with Crippen molar-refractivity contribution in [1.82, 2.24) is 19.9 Å². The summed E-state index contributed by atoms with van der Waals surface area (Å²) in [5.74, 6) is 2.15. The largest absolute Gasteiger partial charge is 0.387 e. The van der Waals surface area contributed by atoms with E-state index in [0.717, 1.165) is 43.5 Å². The van der Waals surface area contributed by atoms with Gasteiger partial charge < -0.3 is 9.63 Å². The summed E-state index contributed by atoms with van der Waals surface area (Å²) < 4.78 is 5.40. The highest BCUT2D eigenvalue weighted by atomic mass is 16.5. The van der Waals surface area contributed by atoms with Gasteiger partial charge in [0, 0.05) is 38.1 Å². The summed E-state index contributed by atoms with van der Waals surface area (Å²) in [5, 5.41) is 14.6. The first-order valence-corrected chi connectivity index (χ1v) is 9.21. The van der Waals surface area contributed by atoms with Gasteiger partial charge in [0.1, 0.15) is 0 Å². The third-order valence-electron chi connectivity index (χ3n) is 5.23. The monoisotopic (exact) mass is 342 g/mol. The van der Waals surface area contributed by atoms with Crippen molar-refractivity contribution in [2.75, 3.05) is 26.2 Å². The van der Waals surface area contributed by atoms with Crippen LogP contribution in [0, 0.1) is 0 Å². The van der Waals surface area contributed by atoms with Crippen LogP contribution in [-0.4, -0.2) is 57.3 Å². The SMILES string of the molecule is C[C@@H]1CN(Cc2nc(C3CC3)no2)CCN1C[C@H](O)c1ccccc1. The van der Waals surface area contributed by atoms with Crippen LogP contribution in [0.5, 0.6) is 0 Å². The fraction of sp³-hybridized carbons (Fsp3) is 0.579. The van der Waals surface area contributed by atoms with E-state index in [1.807, 2.05) is 30.3 Å². The van der Waals surface area contributed by atoms with Crippen molar-refractivity contribution in [2.24, 2.45) is 0 Å². The van der Waals surface area contributed by atoms with Crippen LogP contribution < -0.4 is 0 Å². The molecule has 0 bridgehead atoms. The number of hydrogen-bond donors (Lipinski definition) is 1. The summed E-state index contributed by atoms with van der Waals surface area (Å²) >= 11 is 0. The molecule has 1 saturated carbocycles. The molecule has 1 saturated heterocycles. The minimum atomic E-state index is -0.438. The molecular formula is C19H26N4O2. The van der Waals surface area contributed by atoms with Crippen LogP contribution in [0.2, 0.25) is 0 Å². The van der Waals surface area contributed by atoms with Crippen molar-refractivity contribution in [2.45, 2.75) is 44.4 Å². The molecule has 6 heteroatoms. The first kappa shape index (κ1) is 16.7. The lowest BCUT2D eigenvalue weighted by Crippen LogP contribution is -2.52. The van der Waals surface area contributed by atoms with Crippen molar-refractivity contribution in [3.63, 3.8) is 0 Å². The fourth-order valence-corrected chi connectivity index (χ4v) is 3.52. The number of aliphatic hydroxyl groups excluding tert-OH is 1. The Morgan fingerprint density at radius 3 is 2.76 bits per heavy atom. The molecule has 1 aliphatic heterocycles. The average Bonchev–Trinajstić information content (AvgIpc) is 3.38. The molecule has 0 unspecified atom stereocenters. The lowest BCUT2D eigenvalue weighted by Gasteiger charge is -2.40. The molecule has 6 nitrogen and oxygen atoms in total. The van der Waals surface area contributed by atoms with E-state index in [-0.39, 0.29) is 0 Å². The van der Waals surface area contributed by atoms with Crippen LogP contribution in [-0.2, 0) is 6.54 Å². The summed E-state index contributed by atoms with van der Waals surface area (Å²) in [4.78, 5) is 9.25. The van der Waals surface area contributed by atoms with E-state index in [1.54, 1.807) is 0 Å². The molecule has 2 aliphatic rings. The first-order valence-electron chi connectivity index (χ1n) is 9.21. The third kappa shape index (κ3) is 4.08. The van der Waals surface area contributed by atoms with Gasteiger partial charge in [-0.1, -0.05) is 35.5 Å². The number of rotatable bonds is 6. The smallest absolute Gasteiger partial charge is 0.240 e. The Balaban J connectivity index is 1.29. The first-order chi connectivity index (χ1) is 12.2. The molecule has 2 aromatic rings. The van der Waals surface area contributed by atoms with Crippen molar-refractivity contribution < 1.29 is 9.63 Å². The fourth-order valence-electron chi connectivity index (χ4n) is 3.52. The van der Waals surface area contributed by atoms with Crippen molar-refractivity contribution in [1.29, 1.82) is 0 Å². The number of aromatic nitrogens is 2. The highest BCUT2D eigenvalue weighted by Crippen LogP contribution is 2.38. The zero-order chi connectivity index (χ0) is 17.2. The Morgan fingerprint density at radius 1 is 1.24 bits per heavy atom. The Kier molecular flexibility index (Phi) is 4.83. The predicted molar refractivity (Wildman–Crippen MR) is 94.0 cm³/mol. The molecule has 2 heterocycles. The van der Waals surface area contributed by atoms with Gasteiger partial charge in [0.2, 0.25) is 5.89 Å². The van der Waals surface area contributed by atoms with E-state index in [2.05, 4.69) is 26.9 Å². The van der Waals surface area contributed by atoms with Gasteiger partial charge in [0.15, 0.2) is 5.82 Å². The third-order valence-corrected chi connectivity index (χ3v) is 5.23. The summed E-state index contributed by atoms with van der Waals surface area (Å²) in [5.41, 5.74) is 0.982. The van der Waals surface area contributed by atoms with Gasteiger partial charge in [-0.2, -0.15) is 4.98 Å². The van der Waals surface area contributed by atoms with Gasteiger partial charge in [0.25, 0.3) is 0 Å². The molecule has 134 valence electrons. The maximum Gasteiger partial charge on any atom is 0.240 e. The van der Waals surface area contributed by atoms with E-state index in [9.17, 15) is 5.11 Å². The second kappa shape index (κ2) is 7.23. The van der Waals surface area contributed by atoms with Crippen molar-refractivity contribution in [3.05, 3.63) is 47.6 Å². The lowest BCUT2D eigenvalue weighted by molar-refractivity contribution is 0.0328. The Hall–Kier alpha value is -1.76. The minimum Gasteiger partial charge on any atom is -0.387 e. The van der Waals surface area contributed by atoms with Gasteiger partial charge in [-0.3, -0.25) is 9.80 Å². The Labute approximate surface area is 148 Å². The molecular weight excluding hydrogens is 316 g/mol. The molecule has 4 rings (SSSR count). The van der Waals surface area contributed by atoms with Gasteiger partial charge in [-0.25, -0.2) is 0 Å². The van der Waals surface area contributed by atoms with Crippen molar-refractivity contribution >= 4 is 0 Å². The minimum absolute atomic E-state index is 0.387. The standard InChI is InChI=1S/C19H26N4O2/c1-14-11-22(13-18-20-19(21-25-18)16-7-8-16)9-10-23(14)12-17(24)15-5-3-2-4-6-15/h2-6,14,16-17,24H,7-13H2,1H3/t14-,17+/m1/s1. The second-order valence-corrected chi connectivity index (χ2v) is 7.33. The van der Waals surface area contributed by atoms with E-state index < -0.39 is 6.10 Å². The topological polar surface area (TPSA) is 65.6 Å². The highest BCUT2D eigenvalue weighted by Gasteiger charge is 2.30. The molecule has 2 fully saturated rings. The van der Waals surface area contributed by atoms with Crippen LogP contribution >= 0.6 is 0 Å². The highest BCUT2D eigenvalue weighted by molar-refractivity contribution is 5.17. The van der Waals surface area contributed by atoms with Crippen LogP contribution in [0.15, 0.2) is 34.9 Å². The van der Waals surface area contributed by atoms with E-state index >= 15 is 0 Å². The van der Waals surface area contributed by atoms with Crippen LogP contribution in [0.1, 0.15) is 49.1 Å². The zero-order valence-corrected chi connectivity index (χ0v) is 14.7. The van der Waals surface area contributed by atoms with Gasteiger partial charge >= 0.3 is 0 Å². The number of β-amino-alcohol motifs (C(OH)–C–C–N with tert-alkyl or cyclic N) is 1. The average molecular weight is 342 g/mol. The van der Waals surface area contributed by atoms with E-state index in [4.69, 9.17) is 4.52 Å². The molecule has 1 aromatic heterocycles. The Bertz CT molecular complexity index is 686. The molecule has 0 radical (unpaired) electrons. The molecule has 1 aromatic carbocycles. The number of benzene rings is 1. The van der Waals surface area contributed by atoms with Crippen LogP contribution in [0.25, 0.3) is 0 Å². The quantitative estimate of drug-likeness (QED) is 0.868. The molecule has 1 aliphatic carbocycles. The maximum absolute atomic E-state index is 10.5. The van der Waals surface area contributed by atoms with E-state index in [0.29, 0.717) is 18.5 Å². The summed E-state index contributed by atoms with van der Waals surface area (Å²) in [6.07, 6.45) is 1.95. The lowest BCUT2D eigenvalue weighted by atomic mass is 10.1. The Morgan fingerprint density at radius 2 is 2.04 bits per heavy atom. The molecule has 2 atom stereocenters. The molecule has 0 amide bonds. The van der Waals surface area contributed by atoms with Gasteiger partial charge in [-0.05, 0) is 25.3 Å². The van der Waals surface area contributed by atoms with Crippen LogP contribution in [0.3, 0.4) is 0 Å². The number of hydrogen-bond acceptors (Lipinski definition) is 6. The molecule has 0 spiro atoms. The summed E-state index contributed by atoms with van der Waals surface area (Å²) in [7, 11) is 0. The number of nitrogens with zero attached hydrogens (tertiary/aromatic N) is 4. The summed E-state index contributed by atoms with van der Waals surface area (Å²) in [6, 6.07) is 10.3. The van der Waals surface area contributed by atoms with Gasteiger partial charge in [0.05, 0.1) is 12.6 Å². The molecule has 1 N–H and O–H groups in total. The predicted octanol–water partition coefficient (Wildman–Crippen LogP) is 2.19. The summed E-state index contributed by atoms with van der Waals surface area (Å²) in [6.45, 7) is 6.45. The maximum atomic E-state index is 10.5. The second-order valence-electron chi connectivity index (χ2n) is 7.33. The van der Waals surface area contributed by atoms with E-state index in [1.165, 1.54) is 12.8 Å². The zero-order valence-electron chi connectivity index (χ0n) is 14.7. The molecule has 25 heavy (non-hydrogen) atoms. The number of piperazine rings is 1. The van der Waals surface area contributed by atoms with Crippen LogP contribution in [0.4, 0.5) is 0 Å². The van der Waals surface area contributed by atoms with Crippen molar-refractivity contribution in [3.8, 4) is 0 Å².